The highest BCUT2D eigenvalue weighted by atomic mass is 19.1. The van der Waals surface area contributed by atoms with Crippen LogP contribution in [0.2, 0.25) is 0 Å². The lowest BCUT2D eigenvalue weighted by molar-refractivity contribution is -0.0921. The summed E-state index contributed by atoms with van der Waals surface area (Å²) in [4.78, 5) is 2.60. The van der Waals surface area contributed by atoms with Gasteiger partial charge in [-0.15, -0.1) is 0 Å². The molecular formula is C23H39FN2O3. The van der Waals surface area contributed by atoms with Crippen LogP contribution >= 0.6 is 0 Å². The van der Waals surface area contributed by atoms with Crippen molar-refractivity contribution >= 4 is 0 Å². The number of hydrogen-bond donors (Lipinski definition) is 1. The number of rotatable bonds is 0. The van der Waals surface area contributed by atoms with Crippen LogP contribution < -0.4 is 5.32 Å². The number of fused-ring (bicyclic) bond motifs is 6. The molecule has 2 saturated carbocycles. The fourth-order valence-electron chi connectivity index (χ4n) is 6.89. The van der Waals surface area contributed by atoms with E-state index in [4.69, 9.17) is 14.2 Å². The lowest BCUT2D eigenvalue weighted by atomic mass is 9.70. The Morgan fingerprint density at radius 2 is 1.83 bits per heavy atom. The Balaban J connectivity index is 1.30. The molecule has 166 valence electrons. The highest BCUT2D eigenvalue weighted by molar-refractivity contribution is 5.07. The van der Waals surface area contributed by atoms with E-state index < -0.39 is 6.17 Å². The predicted octanol–water partition coefficient (Wildman–Crippen LogP) is 2.92. The number of nitrogens with zero attached hydrogens (tertiary/aromatic N) is 1. The Morgan fingerprint density at radius 3 is 2.66 bits per heavy atom. The van der Waals surface area contributed by atoms with Crippen LogP contribution in [0.25, 0.3) is 0 Å². The highest BCUT2D eigenvalue weighted by Gasteiger charge is 2.49. The molecule has 0 aromatic heterocycles. The third-order valence-corrected chi connectivity index (χ3v) is 8.50. The summed E-state index contributed by atoms with van der Waals surface area (Å²) in [6, 6.07) is 0.376. The van der Waals surface area contributed by atoms with Crippen molar-refractivity contribution in [3.8, 4) is 0 Å². The van der Waals surface area contributed by atoms with Crippen LogP contribution in [0, 0.1) is 11.8 Å². The van der Waals surface area contributed by atoms with Crippen LogP contribution in [0.15, 0.2) is 0 Å². The molecule has 0 aromatic rings. The number of ether oxygens (including phenoxy) is 3. The molecule has 1 spiro atoms. The third kappa shape index (κ3) is 4.25. The van der Waals surface area contributed by atoms with Crippen LogP contribution in [-0.4, -0.2) is 80.9 Å². The number of hydrogen-bond acceptors (Lipinski definition) is 5. The standard InChI is InChI=1S/C23H39FN2O3/c24-19-3-1-4-20-22(19)17-5-7-18(8-6-17)29-15-21-23(16-27-14-10-25-23)9-12-26(21)11-2-13-28-20/h17-22,25H,1-16H2/t17?,18?,19?,20?,21-,22?,23+/m0/s1. The summed E-state index contributed by atoms with van der Waals surface area (Å²) >= 11 is 0. The fourth-order valence-corrected chi connectivity index (χ4v) is 6.89. The molecule has 1 N–H and O–H groups in total. The summed E-state index contributed by atoms with van der Waals surface area (Å²) < 4.78 is 33.7. The van der Waals surface area contributed by atoms with Gasteiger partial charge in [0.25, 0.3) is 0 Å². The number of morpholine rings is 1. The second-order valence-electron chi connectivity index (χ2n) is 10.1. The molecular weight excluding hydrogens is 371 g/mol. The monoisotopic (exact) mass is 410 g/mol. The maximum absolute atomic E-state index is 14.9. The van der Waals surface area contributed by atoms with Gasteiger partial charge in [0.2, 0.25) is 0 Å². The van der Waals surface area contributed by atoms with Crippen molar-refractivity contribution in [3.05, 3.63) is 0 Å². The molecule has 6 fully saturated rings. The first-order valence-electron chi connectivity index (χ1n) is 12.2. The number of nitrogens with one attached hydrogen (secondary N) is 1. The normalized spacial score (nSPS) is 47.5. The Labute approximate surface area is 175 Å². The van der Waals surface area contributed by atoms with Gasteiger partial charge >= 0.3 is 0 Å². The van der Waals surface area contributed by atoms with Gasteiger partial charge in [-0.3, -0.25) is 4.90 Å². The average Bonchev–Trinajstić information content (AvgIpc) is 3.07. The summed E-state index contributed by atoms with van der Waals surface area (Å²) in [5.41, 5.74) is 0.0449. The fraction of sp³-hybridized carbons (Fsp3) is 1.00. The van der Waals surface area contributed by atoms with Gasteiger partial charge in [0.15, 0.2) is 0 Å². The van der Waals surface area contributed by atoms with Gasteiger partial charge in [-0.05, 0) is 63.7 Å². The topological polar surface area (TPSA) is 43.0 Å². The lowest BCUT2D eigenvalue weighted by Crippen LogP contribution is -2.62. The molecule has 4 heterocycles. The molecule has 0 aromatic carbocycles. The number of alkyl halides is 1. The first-order chi connectivity index (χ1) is 14.3. The minimum Gasteiger partial charge on any atom is -0.378 e. The van der Waals surface area contributed by atoms with E-state index in [1.54, 1.807) is 0 Å². The summed E-state index contributed by atoms with van der Waals surface area (Å²) in [6.45, 7) is 6.20. The molecule has 4 aliphatic heterocycles. The quantitative estimate of drug-likeness (QED) is 0.665. The van der Waals surface area contributed by atoms with Gasteiger partial charge in [0.05, 0.1) is 43.6 Å². The maximum Gasteiger partial charge on any atom is 0.106 e. The molecule has 6 rings (SSSR count). The van der Waals surface area contributed by atoms with E-state index in [1.807, 2.05) is 0 Å². The Morgan fingerprint density at radius 1 is 0.931 bits per heavy atom. The van der Waals surface area contributed by atoms with E-state index in [1.165, 1.54) is 0 Å². The van der Waals surface area contributed by atoms with Gasteiger partial charge in [-0.1, -0.05) is 0 Å². The van der Waals surface area contributed by atoms with Crippen molar-refractivity contribution < 1.29 is 18.6 Å². The van der Waals surface area contributed by atoms with Crippen molar-refractivity contribution in [2.75, 3.05) is 46.1 Å². The van der Waals surface area contributed by atoms with Crippen LogP contribution in [0.3, 0.4) is 0 Å². The van der Waals surface area contributed by atoms with E-state index in [0.29, 0.717) is 18.1 Å². The zero-order valence-corrected chi connectivity index (χ0v) is 17.8. The van der Waals surface area contributed by atoms with Crippen LogP contribution in [0.5, 0.6) is 0 Å². The highest BCUT2D eigenvalue weighted by Crippen LogP contribution is 2.42. The summed E-state index contributed by atoms with van der Waals surface area (Å²) in [5, 5.41) is 3.79. The predicted molar refractivity (Wildman–Crippen MR) is 110 cm³/mol. The lowest BCUT2D eigenvalue weighted by Gasteiger charge is -2.44. The molecule has 3 unspecified atom stereocenters. The minimum atomic E-state index is -0.677. The minimum absolute atomic E-state index is 0.0449. The Hall–Kier alpha value is -0.270. The first kappa shape index (κ1) is 20.6. The van der Waals surface area contributed by atoms with Gasteiger partial charge in [-0.2, -0.15) is 0 Å². The molecule has 2 bridgehead atoms. The van der Waals surface area contributed by atoms with Gasteiger partial charge in [0.1, 0.15) is 6.17 Å². The zero-order chi connectivity index (χ0) is 19.7. The van der Waals surface area contributed by atoms with Gasteiger partial charge in [-0.25, -0.2) is 4.39 Å². The van der Waals surface area contributed by atoms with E-state index in [0.717, 1.165) is 104 Å². The van der Waals surface area contributed by atoms with E-state index in [2.05, 4.69) is 10.2 Å². The molecule has 0 amide bonds. The van der Waals surface area contributed by atoms with E-state index >= 15 is 0 Å². The second kappa shape index (κ2) is 9.07. The summed E-state index contributed by atoms with van der Waals surface area (Å²) in [6.07, 6.45) is 9.00. The third-order valence-electron chi connectivity index (χ3n) is 8.50. The van der Waals surface area contributed by atoms with Crippen LogP contribution in [-0.2, 0) is 14.2 Å². The Kier molecular flexibility index (Phi) is 6.45. The zero-order valence-electron chi connectivity index (χ0n) is 17.8. The van der Waals surface area contributed by atoms with Gasteiger partial charge < -0.3 is 19.5 Å². The summed E-state index contributed by atoms with van der Waals surface area (Å²) in [5.74, 6) is 0.583. The number of halogens is 1. The molecule has 6 heteroatoms. The summed E-state index contributed by atoms with van der Waals surface area (Å²) in [7, 11) is 0. The van der Waals surface area contributed by atoms with Crippen molar-refractivity contribution in [3.63, 3.8) is 0 Å². The molecule has 0 radical (unpaired) electrons. The molecule has 5 atom stereocenters. The van der Waals surface area contributed by atoms with Gasteiger partial charge in [0, 0.05) is 32.2 Å². The molecule has 4 saturated heterocycles. The average molecular weight is 411 g/mol. The van der Waals surface area contributed by atoms with E-state index in [9.17, 15) is 4.39 Å². The van der Waals surface area contributed by atoms with E-state index in [-0.39, 0.29) is 17.6 Å². The first-order valence-corrected chi connectivity index (χ1v) is 12.2. The van der Waals surface area contributed by atoms with Crippen molar-refractivity contribution in [2.24, 2.45) is 11.8 Å². The Bertz CT molecular complexity index is 536. The maximum atomic E-state index is 14.9. The van der Waals surface area contributed by atoms with Crippen molar-refractivity contribution in [1.82, 2.24) is 10.2 Å². The smallest absolute Gasteiger partial charge is 0.106 e. The van der Waals surface area contributed by atoms with Crippen molar-refractivity contribution in [2.45, 2.75) is 87.7 Å². The molecule has 29 heavy (non-hydrogen) atoms. The largest absolute Gasteiger partial charge is 0.378 e. The van der Waals surface area contributed by atoms with Crippen LogP contribution in [0.4, 0.5) is 4.39 Å². The SMILES string of the molecule is FC1CCCC2OCCCN3CC[C@@]4(COCCN4)[C@@H]3COC3CCC(CC3)C12. The molecule has 2 aliphatic carbocycles. The van der Waals surface area contributed by atoms with Crippen LogP contribution in [0.1, 0.15) is 57.8 Å². The molecule has 6 aliphatic rings. The molecule has 5 nitrogen and oxygen atoms in total. The van der Waals surface area contributed by atoms with Crippen molar-refractivity contribution in [1.29, 1.82) is 0 Å². The second-order valence-corrected chi connectivity index (χ2v) is 10.1.